The Labute approximate surface area is 130 Å². The molecule has 0 radical (unpaired) electrons. The Morgan fingerprint density at radius 2 is 2.14 bits per heavy atom. The number of aryl methyl sites for hydroxylation is 2. The molecule has 0 saturated carbocycles. The van der Waals surface area contributed by atoms with Gasteiger partial charge in [-0.05, 0) is 47.1 Å². The van der Waals surface area contributed by atoms with Gasteiger partial charge in [0.05, 0.1) is 0 Å². The third kappa shape index (κ3) is 4.19. The quantitative estimate of drug-likeness (QED) is 0.832. The van der Waals surface area contributed by atoms with Gasteiger partial charge in [-0.2, -0.15) is 0 Å². The fourth-order valence-electron chi connectivity index (χ4n) is 1.97. The molecule has 1 amide bonds. The number of carbonyl (C=O) groups is 1. The monoisotopic (exact) mass is 349 g/mol. The Kier molecular flexibility index (Phi) is 4.80. The lowest BCUT2D eigenvalue weighted by Gasteiger charge is -2.09. The van der Waals surface area contributed by atoms with Gasteiger partial charge < -0.3 is 15.6 Å². The molecule has 5 nitrogen and oxygen atoms in total. The predicted octanol–water partition coefficient (Wildman–Crippen LogP) is 2.53. The van der Waals surface area contributed by atoms with Gasteiger partial charge in [-0.15, -0.1) is 0 Å². The molecule has 1 aromatic carbocycles. The molecule has 0 spiro atoms. The second kappa shape index (κ2) is 6.58. The number of halogens is 1. The van der Waals surface area contributed by atoms with Gasteiger partial charge in [0.2, 0.25) is 5.91 Å². The maximum Gasteiger partial charge on any atom is 0.253 e. The number of pyridine rings is 1. The number of carbonyl (C=O) groups excluding carboxylic acids is 1. The molecule has 0 aliphatic carbocycles. The first-order valence-electron chi connectivity index (χ1n) is 6.47. The van der Waals surface area contributed by atoms with Gasteiger partial charge in [0.25, 0.3) is 5.56 Å². The SMILES string of the molecule is Cc1cc(Br)cn(CCC(=O)Nc2cccc(N)c2)c1=O. The summed E-state index contributed by atoms with van der Waals surface area (Å²) in [7, 11) is 0. The highest BCUT2D eigenvalue weighted by Crippen LogP contribution is 2.12. The van der Waals surface area contributed by atoms with Crippen molar-refractivity contribution in [1.82, 2.24) is 4.57 Å². The van der Waals surface area contributed by atoms with Crippen LogP contribution in [0.15, 0.2) is 45.8 Å². The molecule has 0 saturated heterocycles. The molecule has 1 aromatic heterocycles. The predicted molar refractivity (Wildman–Crippen MR) is 87.2 cm³/mol. The molecule has 21 heavy (non-hydrogen) atoms. The summed E-state index contributed by atoms with van der Waals surface area (Å²) in [5, 5.41) is 2.76. The number of aromatic nitrogens is 1. The highest BCUT2D eigenvalue weighted by molar-refractivity contribution is 9.10. The van der Waals surface area contributed by atoms with Crippen LogP contribution in [0, 0.1) is 6.92 Å². The summed E-state index contributed by atoms with van der Waals surface area (Å²) in [4.78, 5) is 23.8. The van der Waals surface area contributed by atoms with E-state index >= 15 is 0 Å². The largest absolute Gasteiger partial charge is 0.399 e. The van der Waals surface area contributed by atoms with Crippen LogP contribution in [0.25, 0.3) is 0 Å². The summed E-state index contributed by atoms with van der Waals surface area (Å²) in [5.41, 5.74) is 7.44. The number of rotatable bonds is 4. The Morgan fingerprint density at radius 3 is 2.86 bits per heavy atom. The van der Waals surface area contributed by atoms with Crippen molar-refractivity contribution in [1.29, 1.82) is 0 Å². The van der Waals surface area contributed by atoms with Crippen LogP contribution in [-0.4, -0.2) is 10.5 Å². The van der Waals surface area contributed by atoms with Crippen molar-refractivity contribution < 1.29 is 4.79 Å². The molecule has 1 heterocycles. The van der Waals surface area contributed by atoms with E-state index in [1.54, 1.807) is 43.5 Å². The average molecular weight is 350 g/mol. The lowest BCUT2D eigenvalue weighted by molar-refractivity contribution is -0.116. The lowest BCUT2D eigenvalue weighted by atomic mass is 10.2. The van der Waals surface area contributed by atoms with E-state index in [1.807, 2.05) is 0 Å². The molecule has 0 aliphatic rings. The van der Waals surface area contributed by atoms with Gasteiger partial charge in [0.15, 0.2) is 0 Å². The van der Waals surface area contributed by atoms with Crippen LogP contribution in [0.4, 0.5) is 11.4 Å². The first-order chi connectivity index (χ1) is 9.95. The summed E-state index contributed by atoms with van der Waals surface area (Å²) >= 11 is 3.34. The first-order valence-corrected chi connectivity index (χ1v) is 7.27. The molecular formula is C15H16BrN3O2. The van der Waals surface area contributed by atoms with Crippen LogP contribution >= 0.6 is 15.9 Å². The summed E-state index contributed by atoms with van der Waals surface area (Å²) in [5.74, 6) is -0.162. The van der Waals surface area contributed by atoms with E-state index in [0.717, 1.165) is 4.47 Å². The Hall–Kier alpha value is -2.08. The van der Waals surface area contributed by atoms with E-state index in [4.69, 9.17) is 5.73 Å². The zero-order chi connectivity index (χ0) is 15.4. The van der Waals surface area contributed by atoms with Crippen molar-refractivity contribution in [2.75, 3.05) is 11.1 Å². The summed E-state index contributed by atoms with van der Waals surface area (Å²) < 4.78 is 2.34. The van der Waals surface area contributed by atoms with E-state index in [1.165, 1.54) is 4.57 Å². The molecule has 2 rings (SSSR count). The van der Waals surface area contributed by atoms with Crippen LogP contribution in [0.1, 0.15) is 12.0 Å². The molecule has 110 valence electrons. The van der Waals surface area contributed by atoms with E-state index in [-0.39, 0.29) is 17.9 Å². The molecule has 6 heteroatoms. The van der Waals surface area contributed by atoms with Crippen molar-refractivity contribution in [2.24, 2.45) is 0 Å². The molecule has 0 aliphatic heterocycles. The van der Waals surface area contributed by atoms with Crippen molar-refractivity contribution in [2.45, 2.75) is 19.9 Å². The minimum absolute atomic E-state index is 0.0880. The number of anilines is 2. The fraction of sp³-hybridized carbons (Fsp3) is 0.200. The fourth-order valence-corrected chi connectivity index (χ4v) is 2.56. The zero-order valence-electron chi connectivity index (χ0n) is 11.6. The van der Waals surface area contributed by atoms with Gasteiger partial charge >= 0.3 is 0 Å². The van der Waals surface area contributed by atoms with E-state index < -0.39 is 0 Å². The smallest absolute Gasteiger partial charge is 0.253 e. The van der Waals surface area contributed by atoms with Gasteiger partial charge in [-0.3, -0.25) is 9.59 Å². The van der Waals surface area contributed by atoms with Crippen LogP contribution in [-0.2, 0) is 11.3 Å². The molecule has 0 atom stereocenters. The van der Waals surface area contributed by atoms with Crippen LogP contribution in [0.2, 0.25) is 0 Å². The lowest BCUT2D eigenvalue weighted by Crippen LogP contribution is -2.24. The number of nitrogen functional groups attached to an aromatic ring is 1. The molecular weight excluding hydrogens is 334 g/mol. The van der Waals surface area contributed by atoms with Crippen LogP contribution in [0.5, 0.6) is 0 Å². The van der Waals surface area contributed by atoms with Crippen molar-refractivity contribution in [3.05, 3.63) is 56.9 Å². The molecule has 3 N–H and O–H groups in total. The number of amides is 1. The third-order valence-corrected chi connectivity index (χ3v) is 3.42. The Bertz CT molecular complexity index is 725. The highest BCUT2D eigenvalue weighted by Gasteiger charge is 2.06. The minimum Gasteiger partial charge on any atom is -0.399 e. The maximum atomic E-state index is 11.9. The van der Waals surface area contributed by atoms with Crippen molar-refractivity contribution >= 4 is 33.2 Å². The first kappa shape index (κ1) is 15.3. The van der Waals surface area contributed by atoms with Crippen molar-refractivity contribution in [3.8, 4) is 0 Å². The standard InChI is InChI=1S/C15H16BrN3O2/c1-10-7-11(16)9-19(15(10)21)6-5-14(20)18-13-4-2-3-12(17)8-13/h2-4,7-9H,5-6,17H2,1H3,(H,18,20). The van der Waals surface area contributed by atoms with E-state index in [0.29, 0.717) is 23.5 Å². The van der Waals surface area contributed by atoms with E-state index in [9.17, 15) is 9.59 Å². The summed E-state index contributed by atoms with van der Waals surface area (Å²) in [6, 6.07) is 8.73. The summed E-state index contributed by atoms with van der Waals surface area (Å²) in [6.07, 6.45) is 1.90. The van der Waals surface area contributed by atoms with Gasteiger partial charge in [-0.1, -0.05) is 6.07 Å². The number of benzene rings is 1. The number of nitrogens with two attached hydrogens (primary N) is 1. The normalized spacial score (nSPS) is 10.4. The molecule has 0 fully saturated rings. The minimum atomic E-state index is -0.162. The second-order valence-electron chi connectivity index (χ2n) is 4.76. The molecule has 0 bridgehead atoms. The van der Waals surface area contributed by atoms with Gasteiger partial charge in [-0.25, -0.2) is 0 Å². The average Bonchev–Trinajstić information content (AvgIpc) is 2.41. The zero-order valence-corrected chi connectivity index (χ0v) is 13.2. The van der Waals surface area contributed by atoms with Gasteiger partial charge in [0, 0.05) is 40.6 Å². The number of hydrogen-bond donors (Lipinski definition) is 2. The Balaban J connectivity index is 2.00. The van der Waals surface area contributed by atoms with Crippen LogP contribution in [0.3, 0.4) is 0 Å². The number of nitrogens with one attached hydrogen (secondary N) is 1. The maximum absolute atomic E-state index is 11.9. The van der Waals surface area contributed by atoms with E-state index in [2.05, 4.69) is 21.2 Å². The highest BCUT2D eigenvalue weighted by atomic mass is 79.9. The third-order valence-electron chi connectivity index (χ3n) is 2.98. The number of nitrogens with zero attached hydrogens (tertiary/aromatic N) is 1. The molecule has 2 aromatic rings. The second-order valence-corrected chi connectivity index (χ2v) is 5.68. The number of hydrogen-bond acceptors (Lipinski definition) is 3. The van der Waals surface area contributed by atoms with Crippen LogP contribution < -0.4 is 16.6 Å². The Morgan fingerprint density at radius 1 is 1.38 bits per heavy atom. The van der Waals surface area contributed by atoms with Crippen molar-refractivity contribution in [3.63, 3.8) is 0 Å². The molecule has 0 unspecified atom stereocenters. The topological polar surface area (TPSA) is 77.1 Å². The van der Waals surface area contributed by atoms with Gasteiger partial charge in [0.1, 0.15) is 0 Å². The summed E-state index contributed by atoms with van der Waals surface area (Å²) in [6.45, 7) is 2.07.